The molecular formula is C14H19ClN4. The van der Waals surface area contributed by atoms with Gasteiger partial charge in [0.2, 0.25) is 0 Å². The second-order valence-corrected chi connectivity index (χ2v) is 5.56. The fourth-order valence-corrected chi connectivity index (χ4v) is 3.01. The highest BCUT2D eigenvalue weighted by molar-refractivity contribution is 6.31. The Hall–Kier alpha value is -1.13. The standard InChI is InChI=1S/C14H19ClN4/c1-2-3-13-18-12-8-10(15)9-17-14(12)19(13)11-4-6-16-7-5-11/h8-9,11,16H,2-7H2,1H3. The van der Waals surface area contributed by atoms with Crippen LogP contribution in [0, 0.1) is 0 Å². The number of hydrogen-bond donors (Lipinski definition) is 1. The maximum atomic E-state index is 6.02. The lowest BCUT2D eigenvalue weighted by molar-refractivity contribution is 0.365. The van der Waals surface area contributed by atoms with E-state index in [0.29, 0.717) is 11.1 Å². The van der Waals surface area contributed by atoms with Gasteiger partial charge in [-0.3, -0.25) is 0 Å². The van der Waals surface area contributed by atoms with Crippen LogP contribution in [0.25, 0.3) is 11.2 Å². The van der Waals surface area contributed by atoms with Gasteiger partial charge in [-0.25, -0.2) is 9.97 Å². The van der Waals surface area contributed by atoms with E-state index >= 15 is 0 Å². The lowest BCUT2D eigenvalue weighted by Crippen LogP contribution is -2.30. The molecule has 0 radical (unpaired) electrons. The predicted octanol–water partition coefficient (Wildman–Crippen LogP) is 2.96. The molecule has 0 atom stereocenters. The summed E-state index contributed by atoms with van der Waals surface area (Å²) in [4.78, 5) is 9.24. The summed E-state index contributed by atoms with van der Waals surface area (Å²) in [5.41, 5.74) is 1.91. The average molecular weight is 279 g/mol. The zero-order chi connectivity index (χ0) is 13.2. The van der Waals surface area contributed by atoms with Crippen LogP contribution in [0.15, 0.2) is 12.3 Å². The van der Waals surface area contributed by atoms with Crippen LogP contribution in [-0.4, -0.2) is 27.6 Å². The van der Waals surface area contributed by atoms with Gasteiger partial charge in [-0.1, -0.05) is 18.5 Å². The van der Waals surface area contributed by atoms with E-state index in [1.165, 1.54) is 0 Å². The second kappa shape index (κ2) is 5.47. The molecule has 0 unspecified atom stereocenters. The van der Waals surface area contributed by atoms with Gasteiger partial charge >= 0.3 is 0 Å². The molecule has 2 aromatic heterocycles. The van der Waals surface area contributed by atoms with E-state index < -0.39 is 0 Å². The zero-order valence-electron chi connectivity index (χ0n) is 11.2. The molecule has 102 valence electrons. The molecule has 1 fully saturated rings. The van der Waals surface area contributed by atoms with E-state index in [4.69, 9.17) is 16.6 Å². The van der Waals surface area contributed by atoms with E-state index in [1.807, 2.05) is 6.07 Å². The van der Waals surface area contributed by atoms with Crippen LogP contribution in [0.2, 0.25) is 5.02 Å². The lowest BCUT2D eigenvalue weighted by atomic mass is 10.1. The van der Waals surface area contributed by atoms with Gasteiger partial charge in [0.1, 0.15) is 11.3 Å². The van der Waals surface area contributed by atoms with Gasteiger partial charge < -0.3 is 9.88 Å². The maximum Gasteiger partial charge on any atom is 0.160 e. The quantitative estimate of drug-likeness (QED) is 0.939. The third-order valence-corrected chi connectivity index (χ3v) is 3.92. The summed E-state index contributed by atoms with van der Waals surface area (Å²) < 4.78 is 2.34. The van der Waals surface area contributed by atoms with Crippen LogP contribution in [0.5, 0.6) is 0 Å². The van der Waals surface area contributed by atoms with Gasteiger partial charge in [-0.15, -0.1) is 0 Å². The molecule has 0 amide bonds. The first-order valence-corrected chi connectivity index (χ1v) is 7.40. The van der Waals surface area contributed by atoms with Gasteiger partial charge in [0.25, 0.3) is 0 Å². The van der Waals surface area contributed by atoms with Crippen molar-refractivity contribution in [1.29, 1.82) is 0 Å². The molecule has 1 N–H and O–H groups in total. The van der Waals surface area contributed by atoms with Crippen molar-refractivity contribution in [3.05, 3.63) is 23.1 Å². The Kier molecular flexibility index (Phi) is 3.71. The normalized spacial score (nSPS) is 17.2. The van der Waals surface area contributed by atoms with Crippen molar-refractivity contribution in [3.63, 3.8) is 0 Å². The molecule has 0 aromatic carbocycles. The van der Waals surface area contributed by atoms with Crippen molar-refractivity contribution in [1.82, 2.24) is 19.9 Å². The molecule has 0 spiro atoms. The van der Waals surface area contributed by atoms with Crippen LogP contribution >= 0.6 is 11.6 Å². The Balaban J connectivity index is 2.09. The van der Waals surface area contributed by atoms with Crippen molar-refractivity contribution in [3.8, 4) is 0 Å². The highest BCUT2D eigenvalue weighted by Crippen LogP contribution is 2.27. The average Bonchev–Trinajstić information content (AvgIpc) is 2.77. The fraction of sp³-hybridized carbons (Fsp3) is 0.571. The van der Waals surface area contributed by atoms with Crippen molar-refractivity contribution < 1.29 is 0 Å². The molecule has 0 saturated carbocycles. The summed E-state index contributed by atoms with van der Waals surface area (Å²) in [6, 6.07) is 2.43. The first-order valence-electron chi connectivity index (χ1n) is 7.02. The number of rotatable bonds is 3. The van der Waals surface area contributed by atoms with Gasteiger partial charge in [0, 0.05) is 18.7 Å². The van der Waals surface area contributed by atoms with E-state index in [2.05, 4.69) is 21.8 Å². The van der Waals surface area contributed by atoms with Crippen molar-refractivity contribution >= 4 is 22.8 Å². The Morgan fingerprint density at radius 3 is 2.95 bits per heavy atom. The fourth-order valence-electron chi connectivity index (χ4n) is 2.85. The third kappa shape index (κ3) is 2.47. The van der Waals surface area contributed by atoms with Crippen LogP contribution < -0.4 is 5.32 Å². The lowest BCUT2D eigenvalue weighted by Gasteiger charge is -2.25. The largest absolute Gasteiger partial charge is 0.317 e. The Bertz CT molecular complexity index is 572. The number of hydrogen-bond acceptors (Lipinski definition) is 3. The second-order valence-electron chi connectivity index (χ2n) is 5.13. The molecule has 1 aliphatic rings. The molecule has 3 rings (SSSR count). The number of imidazole rings is 1. The van der Waals surface area contributed by atoms with Crippen molar-refractivity contribution in [2.45, 2.75) is 38.6 Å². The maximum absolute atomic E-state index is 6.02. The molecule has 1 aliphatic heterocycles. The number of pyridine rings is 1. The van der Waals surface area contributed by atoms with E-state index in [0.717, 1.165) is 55.8 Å². The highest BCUT2D eigenvalue weighted by atomic mass is 35.5. The summed E-state index contributed by atoms with van der Waals surface area (Å²) in [5.74, 6) is 1.15. The first-order chi connectivity index (χ1) is 9.29. The third-order valence-electron chi connectivity index (χ3n) is 3.72. The Morgan fingerprint density at radius 2 is 2.21 bits per heavy atom. The molecule has 0 bridgehead atoms. The molecular weight excluding hydrogens is 260 g/mol. The SMILES string of the molecule is CCCc1nc2cc(Cl)cnc2n1C1CCNCC1. The van der Waals surface area contributed by atoms with Crippen LogP contribution in [0.1, 0.15) is 38.1 Å². The summed E-state index contributed by atoms with van der Waals surface area (Å²) >= 11 is 6.02. The van der Waals surface area contributed by atoms with Crippen LogP contribution in [0.3, 0.4) is 0 Å². The molecule has 2 aromatic rings. The number of aromatic nitrogens is 3. The summed E-state index contributed by atoms with van der Waals surface area (Å²) in [7, 11) is 0. The van der Waals surface area contributed by atoms with Crippen LogP contribution in [0.4, 0.5) is 0 Å². The van der Waals surface area contributed by atoms with E-state index in [9.17, 15) is 0 Å². The van der Waals surface area contributed by atoms with Gasteiger partial charge in [0.15, 0.2) is 5.65 Å². The molecule has 4 nitrogen and oxygen atoms in total. The van der Waals surface area contributed by atoms with E-state index in [-0.39, 0.29) is 0 Å². The number of piperidine rings is 1. The smallest absolute Gasteiger partial charge is 0.160 e. The monoisotopic (exact) mass is 278 g/mol. The predicted molar refractivity (Wildman–Crippen MR) is 77.7 cm³/mol. The minimum Gasteiger partial charge on any atom is -0.317 e. The summed E-state index contributed by atoms with van der Waals surface area (Å²) in [6.45, 7) is 4.33. The number of nitrogens with one attached hydrogen (secondary N) is 1. The molecule has 0 aliphatic carbocycles. The Labute approximate surface area is 118 Å². The van der Waals surface area contributed by atoms with Gasteiger partial charge in [0.05, 0.1) is 5.02 Å². The number of aryl methyl sites for hydroxylation is 1. The van der Waals surface area contributed by atoms with E-state index in [1.54, 1.807) is 6.20 Å². The highest BCUT2D eigenvalue weighted by Gasteiger charge is 2.21. The Morgan fingerprint density at radius 1 is 1.42 bits per heavy atom. The summed E-state index contributed by atoms with van der Waals surface area (Å²) in [6.07, 6.45) is 6.11. The number of fused-ring (bicyclic) bond motifs is 1. The molecule has 5 heteroatoms. The van der Waals surface area contributed by atoms with Gasteiger partial charge in [-0.2, -0.15) is 0 Å². The van der Waals surface area contributed by atoms with Crippen molar-refractivity contribution in [2.75, 3.05) is 13.1 Å². The molecule has 3 heterocycles. The van der Waals surface area contributed by atoms with Crippen molar-refractivity contribution in [2.24, 2.45) is 0 Å². The number of nitrogens with zero attached hydrogens (tertiary/aromatic N) is 3. The molecule has 1 saturated heterocycles. The summed E-state index contributed by atoms with van der Waals surface area (Å²) in [5, 5.41) is 4.07. The molecule has 19 heavy (non-hydrogen) atoms. The van der Waals surface area contributed by atoms with Crippen LogP contribution in [-0.2, 0) is 6.42 Å². The number of halogens is 1. The topological polar surface area (TPSA) is 42.7 Å². The minimum atomic E-state index is 0.515. The first kappa shape index (κ1) is 12.9. The minimum absolute atomic E-state index is 0.515. The zero-order valence-corrected chi connectivity index (χ0v) is 12.0. The van der Waals surface area contributed by atoms with Gasteiger partial charge in [-0.05, 0) is 38.4 Å².